The number of hydrogen-bond donors (Lipinski definition) is 1. The molecule has 5 nitrogen and oxygen atoms in total. The lowest BCUT2D eigenvalue weighted by Gasteiger charge is -2.23. The van der Waals surface area contributed by atoms with Gasteiger partial charge in [-0.3, -0.25) is 14.5 Å². The predicted molar refractivity (Wildman–Crippen MR) is 57.3 cm³/mol. The molecule has 1 saturated heterocycles. The van der Waals surface area contributed by atoms with Gasteiger partial charge in [0, 0.05) is 24.7 Å². The van der Waals surface area contributed by atoms with Crippen molar-refractivity contribution in [2.75, 3.05) is 0 Å². The third kappa shape index (κ3) is 1.62. The highest BCUT2D eigenvalue weighted by molar-refractivity contribution is 6.03. The van der Waals surface area contributed by atoms with Crippen LogP contribution in [0.1, 0.15) is 38.6 Å². The minimum absolute atomic E-state index is 0.0896. The molecule has 1 N–H and O–H groups in total. The Morgan fingerprint density at radius 3 is 2.81 bits per heavy atom. The molecule has 1 aromatic rings. The van der Waals surface area contributed by atoms with Gasteiger partial charge in [0.15, 0.2) is 0 Å². The maximum absolute atomic E-state index is 11.9. The number of H-pyrrole nitrogens is 1. The van der Waals surface area contributed by atoms with Crippen molar-refractivity contribution in [3.05, 3.63) is 18.2 Å². The van der Waals surface area contributed by atoms with E-state index in [1.807, 2.05) is 6.92 Å². The van der Waals surface area contributed by atoms with Crippen molar-refractivity contribution < 1.29 is 9.59 Å². The summed E-state index contributed by atoms with van der Waals surface area (Å²) in [4.78, 5) is 32.1. The molecule has 1 aliphatic rings. The maximum Gasteiger partial charge on any atom is 0.233 e. The van der Waals surface area contributed by atoms with Gasteiger partial charge in [0.1, 0.15) is 5.82 Å². The number of imidazole rings is 1. The number of nitrogens with zero attached hydrogens (tertiary/aromatic N) is 2. The van der Waals surface area contributed by atoms with Crippen LogP contribution in [0.4, 0.5) is 0 Å². The first-order valence-electron chi connectivity index (χ1n) is 5.50. The number of amides is 2. The van der Waals surface area contributed by atoms with Gasteiger partial charge >= 0.3 is 0 Å². The van der Waals surface area contributed by atoms with E-state index < -0.39 is 0 Å². The molecule has 0 radical (unpaired) electrons. The largest absolute Gasteiger partial charge is 0.347 e. The van der Waals surface area contributed by atoms with Gasteiger partial charge in [-0.2, -0.15) is 0 Å². The fourth-order valence-electron chi connectivity index (χ4n) is 2.09. The van der Waals surface area contributed by atoms with Crippen LogP contribution in [0.2, 0.25) is 0 Å². The van der Waals surface area contributed by atoms with Crippen molar-refractivity contribution in [1.82, 2.24) is 14.9 Å². The van der Waals surface area contributed by atoms with Crippen LogP contribution >= 0.6 is 0 Å². The summed E-state index contributed by atoms with van der Waals surface area (Å²) >= 11 is 0. The first-order valence-corrected chi connectivity index (χ1v) is 5.50. The number of rotatable bonds is 3. The molecule has 1 aliphatic heterocycles. The molecule has 2 unspecified atom stereocenters. The molecule has 0 saturated carbocycles. The zero-order valence-corrected chi connectivity index (χ0v) is 9.43. The molecule has 2 atom stereocenters. The fraction of sp³-hybridized carbons (Fsp3) is 0.545. The number of carbonyl (C=O) groups excluding carboxylic acids is 2. The lowest BCUT2D eigenvalue weighted by atomic mass is 10.1. The molecule has 86 valence electrons. The van der Waals surface area contributed by atoms with Crippen LogP contribution in [0.5, 0.6) is 0 Å². The number of imide groups is 1. The van der Waals surface area contributed by atoms with Gasteiger partial charge in [0.2, 0.25) is 11.8 Å². The predicted octanol–water partition coefficient (Wildman–Crippen LogP) is 1.26. The fourth-order valence-corrected chi connectivity index (χ4v) is 2.09. The van der Waals surface area contributed by atoms with Gasteiger partial charge in [-0.15, -0.1) is 0 Å². The summed E-state index contributed by atoms with van der Waals surface area (Å²) in [6.07, 6.45) is 4.33. The van der Waals surface area contributed by atoms with E-state index in [1.165, 1.54) is 4.90 Å². The zero-order chi connectivity index (χ0) is 11.7. The van der Waals surface area contributed by atoms with Crippen molar-refractivity contribution in [3.63, 3.8) is 0 Å². The first-order chi connectivity index (χ1) is 7.65. The number of nitrogens with one attached hydrogen (secondary N) is 1. The van der Waals surface area contributed by atoms with Gasteiger partial charge < -0.3 is 4.98 Å². The Hall–Kier alpha value is -1.65. The summed E-state index contributed by atoms with van der Waals surface area (Å²) in [6.45, 7) is 3.73. The Kier molecular flexibility index (Phi) is 2.77. The number of aromatic nitrogens is 2. The van der Waals surface area contributed by atoms with E-state index in [0.29, 0.717) is 18.7 Å². The van der Waals surface area contributed by atoms with Crippen LogP contribution in [-0.4, -0.2) is 26.7 Å². The minimum atomic E-state index is -0.250. The number of aromatic amines is 1. The van der Waals surface area contributed by atoms with E-state index in [4.69, 9.17) is 0 Å². The normalized spacial score (nSPS) is 22.9. The molecule has 0 aliphatic carbocycles. The summed E-state index contributed by atoms with van der Waals surface area (Å²) in [5.74, 6) is 0.295. The molecular formula is C11H15N3O2. The van der Waals surface area contributed by atoms with Crippen molar-refractivity contribution in [3.8, 4) is 0 Å². The first kappa shape index (κ1) is 10.9. The van der Waals surface area contributed by atoms with Crippen LogP contribution < -0.4 is 0 Å². The molecule has 0 aromatic carbocycles. The second-order valence-electron chi connectivity index (χ2n) is 4.11. The Morgan fingerprint density at radius 2 is 2.38 bits per heavy atom. The highest BCUT2D eigenvalue weighted by atomic mass is 16.2. The third-order valence-electron chi connectivity index (χ3n) is 2.94. The van der Waals surface area contributed by atoms with Gasteiger partial charge in [-0.25, -0.2) is 4.98 Å². The molecule has 2 amide bonds. The number of carbonyl (C=O) groups is 2. The lowest BCUT2D eigenvalue weighted by molar-refractivity contribution is -0.142. The van der Waals surface area contributed by atoms with E-state index in [-0.39, 0.29) is 23.8 Å². The summed E-state index contributed by atoms with van der Waals surface area (Å²) in [6, 6.07) is -0.250. The molecule has 1 fully saturated rings. The highest BCUT2D eigenvalue weighted by Crippen LogP contribution is 2.29. The van der Waals surface area contributed by atoms with Gasteiger partial charge in [-0.05, 0) is 6.42 Å². The van der Waals surface area contributed by atoms with E-state index in [0.717, 1.165) is 0 Å². The Balaban J connectivity index is 2.29. The van der Waals surface area contributed by atoms with Crippen molar-refractivity contribution in [2.24, 2.45) is 5.92 Å². The summed E-state index contributed by atoms with van der Waals surface area (Å²) < 4.78 is 0. The van der Waals surface area contributed by atoms with Crippen molar-refractivity contribution in [1.29, 1.82) is 0 Å². The topological polar surface area (TPSA) is 66.1 Å². The van der Waals surface area contributed by atoms with Crippen LogP contribution in [0.3, 0.4) is 0 Å². The van der Waals surface area contributed by atoms with Crippen LogP contribution in [0.25, 0.3) is 0 Å². The molecule has 0 spiro atoms. The SMILES string of the molecule is CCC(c1ncc[nH]1)N1C(=O)CC(C)C1=O. The minimum Gasteiger partial charge on any atom is -0.347 e. The van der Waals surface area contributed by atoms with Crippen LogP contribution in [-0.2, 0) is 9.59 Å². The highest BCUT2D eigenvalue weighted by Gasteiger charge is 2.40. The van der Waals surface area contributed by atoms with E-state index in [1.54, 1.807) is 19.3 Å². The van der Waals surface area contributed by atoms with Crippen LogP contribution in [0.15, 0.2) is 12.4 Å². The van der Waals surface area contributed by atoms with Crippen molar-refractivity contribution >= 4 is 11.8 Å². The van der Waals surface area contributed by atoms with E-state index in [2.05, 4.69) is 9.97 Å². The molecule has 2 heterocycles. The van der Waals surface area contributed by atoms with Gasteiger partial charge in [-0.1, -0.05) is 13.8 Å². The number of hydrogen-bond acceptors (Lipinski definition) is 3. The zero-order valence-electron chi connectivity index (χ0n) is 9.43. The molecule has 5 heteroatoms. The second-order valence-corrected chi connectivity index (χ2v) is 4.11. The quantitative estimate of drug-likeness (QED) is 0.781. The Morgan fingerprint density at radius 1 is 1.62 bits per heavy atom. The molecule has 1 aromatic heterocycles. The van der Waals surface area contributed by atoms with Gasteiger partial charge in [0.25, 0.3) is 0 Å². The molecule has 0 bridgehead atoms. The van der Waals surface area contributed by atoms with Gasteiger partial charge in [0.05, 0.1) is 6.04 Å². The Labute approximate surface area is 93.9 Å². The van der Waals surface area contributed by atoms with Crippen molar-refractivity contribution in [2.45, 2.75) is 32.7 Å². The summed E-state index contributed by atoms with van der Waals surface area (Å²) in [5.41, 5.74) is 0. The summed E-state index contributed by atoms with van der Waals surface area (Å²) in [5, 5.41) is 0. The second kappa shape index (κ2) is 4.08. The van der Waals surface area contributed by atoms with E-state index >= 15 is 0 Å². The average Bonchev–Trinajstić information content (AvgIpc) is 2.84. The average molecular weight is 221 g/mol. The molecular weight excluding hydrogens is 206 g/mol. The third-order valence-corrected chi connectivity index (χ3v) is 2.94. The Bertz CT molecular complexity index is 399. The van der Waals surface area contributed by atoms with E-state index in [9.17, 15) is 9.59 Å². The van der Waals surface area contributed by atoms with Crippen LogP contribution in [0, 0.1) is 5.92 Å². The number of likely N-dealkylation sites (tertiary alicyclic amines) is 1. The molecule has 16 heavy (non-hydrogen) atoms. The standard InChI is InChI=1S/C11H15N3O2/c1-3-8(10-12-4-5-13-10)14-9(15)6-7(2)11(14)16/h4-5,7-8H,3,6H2,1-2H3,(H,12,13). The molecule has 2 rings (SSSR count). The summed E-state index contributed by atoms with van der Waals surface area (Å²) in [7, 11) is 0. The monoisotopic (exact) mass is 221 g/mol. The smallest absolute Gasteiger partial charge is 0.233 e. The lowest BCUT2D eigenvalue weighted by Crippen LogP contribution is -2.34. The maximum atomic E-state index is 11.9.